The average Bonchev–Trinajstić information content (AvgIpc) is 2.81. The van der Waals surface area contributed by atoms with E-state index in [9.17, 15) is 9.59 Å². The van der Waals surface area contributed by atoms with Gasteiger partial charge in [-0.25, -0.2) is 0 Å². The van der Waals surface area contributed by atoms with Gasteiger partial charge in [-0.3, -0.25) is 9.59 Å². The Balaban J connectivity index is 1.88. The lowest BCUT2D eigenvalue weighted by Crippen LogP contribution is -2.51. The number of aryl methyl sites for hydroxylation is 2. The molecule has 4 nitrogen and oxygen atoms in total. The van der Waals surface area contributed by atoms with Crippen molar-refractivity contribution in [2.24, 2.45) is 0 Å². The minimum Gasteiger partial charge on any atom is -0.355 e. The molecule has 1 N–H and O–H groups in total. The Morgan fingerprint density at radius 2 is 1.58 bits per heavy atom. The van der Waals surface area contributed by atoms with Crippen molar-refractivity contribution in [3.8, 4) is 0 Å². The molecule has 0 saturated heterocycles. The largest absolute Gasteiger partial charge is 0.355 e. The average molecular weight is 461 g/mol. The molecule has 3 aromatic carbocycles. The van der Waals surface area contributed by atoms with Crippen LogP contribution in [-0.2, 0) is 22.6 Å². The van der Waals surface area contributed by atoms with Crippen LogP contribution in [0.2, 0.25) is 0 Å². The molecule has 0 aliphatic carbocycles. The molecule has 3 aromatic rings. The number of benzene rings is 3. The Morgan fingerprint density at radius 3 is 2.24 bits per heavy atom. The summed E-state index contributed by atoms with van der Waals surface area (Å²) in [5.74, 6) is 0.108. The zero-order valence-electron chi connectivity index (χ0n) is 19.6. The predicted octanol–water partition coefficient (Wildman–Crippen LogP) is 5.17. The van der Waals surface area contributed by atoms with Crippen molar-refractivity contribution in [2.45, 2.75) is 44.7 Å². The van der Waals surface area contributed by atoms with E-state index in [0.29, 0.717) is 19.5 Å². The molecule has 0 aliphatic rings. The normalized spacial score (nSPS) is 11.6. The molecule has 5 heteroatoms. The van der Waals surface area contributed by atoms with Crippen molar-refractivity contribution in [1.82, 2.24) is 10.2 Å². The van der Waals surface area contributed by atoms with Crippen molar-refractivity contribution in [3.05, 3.63) is 101 Å². The van der Waals surface area contributed by atoms with Crippen LogP contribution in [0.15, 0.2) is 83.8 Å². The van der Waals surface area contributed by atoms with Gasteiger partial charge in [-0.15, -0.1) is 11.8 Å². The van der Waals surface area contributed by atoms with E-state index in [4.69, 9.17) is 0 Å². The summed E-state index contributed by atoms with van der Waals surface area (Å²) in [6.45, 7) is 6.90. The van der Waals surface area contributed by atoms with E-state index in [-0.39, 0.29) is 17.6 Å². The second-order valence-corrected chi connectivity index (χ2v) is 9.26. The van der Waals surface area contributed by atoms with Gasteiger partial charge in [0.15, 0.2) is 0 Å². The minimum atomic E-state index is -0.584. The Bertz CT molecular complexity index is 1050. The Labute approximate surface area is 201 Å². The maximum absolute atomic E-state index is 13.5. The molecule has 1 atom stereocenters. The van der Waals surface area contributed by atoms with Crippen molar-refractivity contribution < 1.29 is 9.59 Å². The fourth-order valence-corrected chi connectivity index (χ4v) is 4.50. The summed E-state index contributed by atoms with van der Waals surface area (Å²) in [6, 6.07) is 25.6. The van der Waals surface area contributed by atoms with E-state index in [1.807, 2.05) is 93.6 Å². The summed E-state index contributed by atoms with van der Waals surface area (Å²) in [5, 5.41) is 2.94. The van der Waals surface area contributed by atoms with Crippen molar-refractivity contribution in [3.63, 3.8) is 0 Å². The summed E-state index contributed by atoms with van der Waals surface area (Å²) >= 11 is 1.51. The Morgan fingerprint density at radius 1 is 0.879 bits per heavy atom. The number of hydrogen-bond acceptors (Lipinski definition) is 3. The van der Waals surface area contributed by atoms with Crippen molar-refractivity contribution in [1.29, 1.82) is 0 Å². The van der Waals surface area contributed by atoms with Crippen LogP contribution in [0.25, 0.3) is 0 Å². The smallest absolute Gasteiger partial charge is 0.243 e. The van der Waals surface area contributed by atoms with Gasteiger partial charge in [0.05, 0.1) is 5.75 Å². The number of likely N-dealkylation sites (N-methyl/N-ethyl adjacent to an activating group) is 1. The molecule has 0 radical (unpaired) electrons. The monoisotopic (exact) mass is 460 g/mol. The van der Waals surface area contributed by atoms with E-state index in [2.05, 4.69) is 11.4 Å². The van der Waals surface area contributed by atoms with Gasteiger partial charge in [-0.1, -0.05) is 77.9 Å². The molecular formula is C28H32N2O2S. The fraction of sp³-hybridized carbons (Fsp3) is 0.286. The van der Waals surface area contributed by atoms with Crippen LogP contribution < -0.4 is 5.32 Å². The first-order valence-corrected chi connectivity index (χ1v) is 12.3. The third-order valence-corrected chi connectivity index (χ3v) is 6.44. The molecule has 0 saturated carbocycles. The highest BCUT2D eigenvalue weighted by Crippen LogP contribution is 2.22. The second-order valence-electron chi connectivity index (χ2n) is 8.21. The number of thioether (sulfide) groups is 1. The number of hydrogen-bond donors (Lipinski definition) is 1. The number of carbonyl (C=O) groups excluding carboxylic acids is 2. The number of amides is 2. The third-order valence-electron chi connectivity index (χ3n) is 5.44. The number of nitrogens with zero attached hydrogens (tertiary/aromatic N) is 1. The third kappa shape index (κ3) is 7.50. The number of nitrogens with one attached hydrogen (secondary N) is 1. The SMILES string of the molecule is CCNC(=O)[C@@H](Cc1ccccc1)N(Cc1cccc(C)c1)C(=O)CSc1ccc(C)cc1. The second kappa shape index (κ2) is 12.3. The lowest BCUT2D eigenvalue weighted by atomic mass is 10.0. The number of rotatable bonds is 10. The van der Waals surface area contributed by atoms with Gasteiger partial charge in [0.2, 0.25) is 11.8 Å². The first-order valence-electron chi connectivity index (χ1n) is 11.3. The molecule has 33 heavy (non-hydrogen) atoms. The molecule has 0 bridgehead atoms. The Kier molecular flexibility index (Phi) is 9.14. The van der Waals surface area contributed by atoms with E-state index in [1.54, 1.807) is 4.90 Å². The highest BCUT2D eigenvalue weighted by atomic mass is 32.2. The molecule has 0 unspecified atom stereocenters. The van der Waals surface area contributed by atoms with Gasteiger partial charge in [-0.05, 0) is 44.0 Å². The molecule has 2 amide bonds. The van der Waals surface area contributed by atoms with Crippen LogP contribution in [0.4, 0.5) is 0 Å². The zero-order chi connectivity index (χ0) is 23.6. The van der Waals surface area contributed by atoms with Crippen LogP contribution in [0, 0.1) is 13.8 Å². The fourth-order valence-electron chi connectivity index (χ4n) is 3.72. The van der Waals surface area contributed by atoms with Crippen molar-refractivity contribution in [2.75, 3.05) is 12.3 Å². The van der Waals surface area contributed by atoms with Gasteiger partial charge < -0.3 is 10.2 Å². The summed E-state index contributed by atoms with van der Waals surface area (Å²) < 4.78 is 0. The van der Waals surface area contributed by atoms with Crippen LogP contribution >= 0.6 is 11.8 Å². The summed E-state index contributed by atoms with van der Waals surface area (Å²) in [4.78, 5) is 29.5. The lowest BCUT2D eigenvalue weighted by Gasteiger charge is -2.31. The molecule has 0 spiro atoms. The summed E-state index contributed by atoms with van der Waals surface area (Å²) in [7, 11) is 0. The van der Waals surface area contributed by atoms with Crippen LogP contribution in [0.3, 0.4) is 0 Å². The first kappa shape index (κ1) is 24.6. The van der Waals surface area contributed by atoms with Gasteiger partial charge in [0.25, 0.3) is 0 Å². The van der Waals surface area contributed by atoms with E-state index in [1.165, 1.54) is 17.3 Å². The Hall–Kier alpha value is -3.05. The van der Waals surface area contributed by atoms with Crippen LogP contribution in [0.5, 0.6) is 0 Å². The van der Waals surface area contributed by atoms with E-state index < -0.39 is 6.04 Å². The van der Waals surface area contributed by atoms with Crippen LogP contribution in [0.1, 0.15) is 29.2 Å². The topological polar surface area (TPSA) is 49.4 Å². The van der Waals surface area contributed by atoms with Crippen LogP contribution in [-0.4, -0.2) is 35.1 Å². The van der Waals surface area contributed by atoms with Gasteiger partial charge in [0, 0.05) is 24.4 Å². The van der Waals surface area contributed by atoms with E-state index >= 15 is 0 Å². The lowest BCUT2D eigenvalue weighted by molar-refractivity contribution is -0.139. The standard InChI is InChI=1S/C28H32N2O2S/c1-4-29-28(32)26(18-23-10-6-5-7-11-23)30(19-24-12-8-9-22(3)17-24)27(31)20-33-25-15-13-21(2)14-16-25/h5-17,26H,4,18-20H2,1-3H3,(H,29,32)/t26-/m1/s1. The molecule has 0 aliphatic heterocycles. The molecule has 0 aromatic heterocycles. The molecule has 3 rings (SSSR count). The predicted molar refractivity (Wildman–Crippen MR) is 136 cm³/mol. The molecule has 172 valence electrons. The maximum atomic E-state index is 13.5. The van der Waals surface area contributed by atoms with E-state index in [0.717, 1.165) is 21.6 Å². The van der Waals surface area contributed by atoms with Gasteiger partial charge >= 0.3 is 0 Å². The zero-order valence-corrected chi connectivity index (χ0v) is 20.4. The van der Waals surface area contributed by atoms with Crippen molar-refractivity contribution >= 4 is 23.6 Å². The number of carbonyl (C=O) groups is 2. The minimum absolute atomic E-state index is 0.0470. The van der Waals surface area contributed by atoms with Gasteiger partial charge in [-0.2, -0.15) is 0 Å². The maximum Gasteiger partial charge on any atom is 0.243 e. The highest BCUT2D eigenvalue weighted by Gasteiger charge is 2.30. The summed E-state index contributed by atoms with van der Waals surface area (Å²) in [6.07, 6.45) is 0.472. The summed E-state index contributed by atoms with van der Waals surface area (Å²) in [5.41, 5.74) is 4.37. The molecular weight excluding hydrogens is 428 g/mol. The first-order chi connectivity index (χ1) is 16.0. The highest BCUT2D eigenvalue weighted by molar-refractivity contribution is 8.00. The molecule has 0 heterocycles. The molecule has 0 fully saturated rings. The quantitative estimate of drug-likeness (QED) is 0.425. The van der Waals surface area contributed by atoms with Gasteiger partial charge in [0.1, 0.15) is 6.04 Å².